The molecule has 0 saturated heterocycles. The second-order valence-electron chi connectivity index (χ2n) is 10.5. The van der Waals surface area contributed by atoms with Crippen LogP contribution in [0.2, 0.25) is 0 Å². The zero-order valence-electron chi connectivity index (χ0n) is 24.4. The average Bonchev–Trinajstić information content (AvgIpc) is 3.04. The van der Waals surface area contributed by atoms with Crippen molar-refractivity contribution in [1.82, 2.24) is 4.72 Å². The lowest BCUT2D eigenvalue weighted by molar-refractivity contribution is 0.0698. The number of anilines is 1. The lowest BCUT2D eigenvalue weighted by Crippen LogP contribution is -2.33. The minimum atomic E-state index is -1.10. The van der Waals surface area contributed by atoms with Crippen molar-refractivity contribution in [3.63, 3.8) is 0 Å². The van der Waals surface area contributed by atoms with Gasteiger partial charge in [0, 0.05) is 26.4 Å². The zero-order valence-corrected chi connectivity index (χ0v) is 25.3. The Morgan fingerprint density at radius 2 is 1.41 bits per heavy atom. The Labute approximate surface area is 260 Å². The Kier molecular flexibility index (Phi) is 11.5. The van der Waals surface area contributed by atoms with E-state index < -0.39 is 11.9 Å². The topological polar surface area (TPSA) is 131 Å². The van der Waals surface area contributed by atoms with Gasteiger partial charge in [0.05, 0.1) is 17.4 Å². The Balaban J connectivity index is 0.00000216. The SMILES string of the molecule is Cc1ccc(C)c(SNC2CCC(Oc3ccc(Oc4ccc(C(=O)Nc5ccccc5C(=O)O)cc4)cc3)CC2)c1.O=O. The second-order valence-corrected chi connectivity index (χ2v) is 11.4. The van der Waals surface area contributed by atoms with Gasteiger partial charge in [-0.1, -0.05) is 24.3 Å². The summed E-state index contributed by atoms with van der Waals surface area (Å²) in [6.45, 7) is 4.27. The highest BCUT2D eigenvalue weighted by atomic mass is 32.2. The van der Waals surface area contributed by atoms with Crippen molar-refractivity contribution in [2.45, 2.75) is 56.6 Å². The molecule has 4 aromatic carbocycles. The van der Waals surface area contributed by atoms with Crippen LogP contribution in [0.3, 0.4) is 0 Å². The first-order valence-corrected chi connectivity index (χ1v) is 15.0. The highest BCUT2D eigenvalue weighted by Crippen LogP contribution is 2.30. The Morgan fingerprint density at radius 1 is 0.795 bits per heavy atom. The van der Waals surface area contributed by atoms with E-state index in [1.54, 1.807) is 54.4 Å². The number of hydrogen-bond acceptors (Lipinski definition) is 8. The molecule has 0 atom stereocenters. The molecule has 4 aromatic rings. The van der Waals surface area contributed by atoms with E-state index in [1.165, 1.54) is 22.1 Å². The molecule has 1 fully saturated rings. The molecule has 5 rings (SSSR count). The van der Waals surface area contributed by atoms with Gasteiger partial charge in [-0.3, -0.25) is 9.52 Å². The maximum Gasteiger partial charge on any atom is 0.337 e. The summed E-state index contributed by atoms with van der Waals surface area (Å²) in [6, 6.07) is 27.6. The van der Waals surface area contributed by atoms with Crippen LogP contribution < -0.4 is 19.5 Å². The number of ether oxygens (including phenoxy) is 2. The summed E-state index contributed by atoms with van der Waals surface area (Å²) in [5.74, 6) is 0.551. The molecule has 0 unspecified atom stereocenters. The van der Waals surface area contributed by atoms with Gasteiger partial charge in [-0.05, 0) is 129 Å². The van der Waals surface area contributed by atoms with E-state index in [9.17, 15) is 14.7 Å². The fourth-order valence-corrected chi connectivity index (χ4v) is 5.83. The number of nitrogens with one attached hydrogen (secondary N) is 2. The van der Waals surface area contributed by atoms with Crippen LogP contribution in [0, 0.1) is 23.8 Å². The normalized spacial score (nSPS) is 15.8. The van der Waals surface area contributed by atoms with E-state index in [0.29, 0.717) is 23.1 Å². The number of amides is 1. The molecule has 0 spiro atoms. The number of carbonyl (C=O) groups excluding carboxylic acids is 1. The number of benzene rings is 4. The number of aryl methyl sites for hydroxylation is 2. The van der Waals surface area contributed by atoms with Gasteiger partial charge in [-0.25, -0.2) is 4.79 Å². The van der Waals surface area contributed by atoms with Gasteiger partial charge in [-0.2, -0.15) is 0 Å². The van der Waals surface area contributed by atoms with Gasteiger partial charge in [0.1, 0.15) is 17.2 Å². The molecule has 10 heteroatoms. The van der Waals surface area contributed by atoms with E-state index in [0.717, 1.165) is 31.4 Å². The van der Waals surface area contributed by atoms with Crippen LogP contribution in [0.25, 0.3) is 0 Å². The van der Waals surface area contributed by atoms with Gasteiger partial charge in [-0.15, -0.1) is 0 Å². The van der Waals surface area contributed by atoms with Gasteiger partial charge in [0.2, 0.25) is 0 Å². The molecule has 9 nitrogen and oxygen atoms in total. The van der Waals surface area contributed by atoms with Gasteiger partial charge in [0.15, 0.2) is 0 Å². The summed E-state index contributed by atoms with van der Waals surface area (Å²) >= 11 is 1.73. The number of rotatable bonds is 10. The molecule has 0 radical (unpaired) electrons. The van der Waals surface area contributed by atoms with E-state index in [1.807, 2.05) is 24.3 Å². The average molecular weight is 615 g/mol. The molecule has 228 valence electrons. The smallest absolute Gasteiger partial charge is 0.337 e. The van der Waals surface area contributed by atoms with E-state index in [-0.39, 0.29) is 17.4 Å². The predicted molar refractivity (Wildman–Crippen MR) is 173 cm³/mol. The number of carboxylic acids is 1. The van der Waals surface area contributed by atoms with Crippen molar-refractivity contribution < 1.29 is 24.2 Å². The third-order valence-corrected chi connectivity index (χ3v) is 8.35. The maximum absolute atomic E-state index is 12.6. The van der Waals surface area contributed by atoms with Crippen LogP contribution in [-0.2, 0) is 0 Å². The molecule has 1 amide bonds. The van der Waals surface area contributed by atoms with Crippen LogP contribution in [0.1, 0.15) is 57.5 Å². The lowest BCUT2D eigenvalue weighted by atomic mass is 9.94. The number of para-hydroxylation sites is 1. The summed E-state index contributed by atoms with van der Waals surface area (Å²) in [5, 5.41) is 12.0. The monoisotopic (exact) mass is 614 g/mol. The minimum Gasteiger partial charge on any atom is -0.490 e. The standard InChI is InChI=1S/C34H34N2O5S.O2/c1-22-7-8-23(2)32(21-22)42-36-25-11-15-27(16-12-25)41-29-19-17-28(18-20-29)40-26-13-9-24(10-14-26)33(37)35-31-6-4-3-5-30(31)34(38)39;1-2/h3-10,13-14,17-21,25,27,36H,11-12,15-16H2,1-2H3,(H,35,37)(H,38,39);. The van der Waals surface area contributed by atoms with Crippen molar-refractivity contribution in [2.75, 3.05) is 5.32 Å². The van der Waals surface area contributed by atoms with Crippen LogP contribution >= 0.6 is 11.9 Å². The molecular formula is C34H34N2O7S. The molecule has 1 saturated carbocycles. The predicted octanol–water partition coefficient (Wildman–Crippen LogP) is 8.10. The summed E-state index contributed by atoms with van der Waals surface area (Å²) in [4.78, 5) is 39.3. The molecular weight excluding hydrogens is 580 g/mol. The summed E-state index contributed by atoms with van der Waals surface area (Å²) < 4.78 is 15.8. The van der Waals surface area contributed by atoms with Crippen molar-refractivity contribution >= 4 is 29.5 Å². The fourth-order valence-electron chi connectivity index (χ4n) is 4.82. The van der Waals surface area contributed by atoms with Crippen molar-refractivity contribution in [3.8, 4) is 17.2 Å². The first-order valence-electron chi connectivity index (χ1n) is 14.2. The molecule has 0 aromatic heterocycles. The number of hydrogen-bond donors (Lipinski definition) is 3. The molecule has 0 heterocycles. The van der Waals surface area contributed by atoms with Gasteiger partial charge >= 0.3 is 5.97 Å². The van der Waals surface area contributed by atoms with Crippen LogP contribution in [0.4, 0.5) is 5.69 Å². The van der Waals surface area contributed by atoms with Gasteiger partial charge < -0.3 is 19.9 Å². The Bertz CT molecular complexity index is 1550. The summed E-state index contributed by atoms with van der Waals surface area (Å²) in [7, 11) is 0. The quantitative estimate of drug-likeness (QED) is 0.152. The van der Waals surface area contributed by atoms with E-state index >= 15 is 0 Å². The molecule has 0 aliphatic heterocycles. The Morgan fingerprint density at radius 3 is 2.07 bits per heavy atom. The van der Waals surface area contributed by atoms with E-state index in [4.69, 9.17) is 19.4 Å². The summed E-state index contributed by atoms with van der Waals surface area (Å²) in [5.41, 5.74) is 3.24. The molecule has 3 N–H and O–H groups in total. The minimum absolute atomic E-state index is 0.0333. The molecule has 1 aliphatic carbocycles. The molecule has 1 aliphatic rings. The first kappa shape index (κ1) is 32.2. The van der Waals surface area contributed by atoms with Crippen LogP contribution in [-0.4, -0.2) is 29.1 Å². The van der Waals surface area contributed by atoms with Crippen LogP contribution in [0.15, 0.2) is 95.9 Å². The second kappa shape index (κ2) is 15.7. The molecule has 44 heavy (non-hydrogen) atoms. The first-order chi connectivity index (χ1) is 21.3. The van der Waals surface area contributed by atoms with Crippen LogP contribution in [0.5, 0.6) is 17.2 Å². The van der Waals surface area contributed by atoms with Crippen molar-refractivity contribution in [2.24, 2.45) is 0 Å². The van der Waals surface area contributed by atoms with Gasteiger partial charge in [0.25, 0.3) is 5.91 Å². The third-order valence-electron chi connectivity index (χ3n) is 7.24. The Hall–Kier alpha value is -4.67. The number of aromatic carboxylic acids is 1. The fraction of sp³-hybridized carbons (Fsp3) is 0.235. The van der Waals surface area contributed by atoms with Crippen molar-refractivity contribution in [3.05, 3.63) is 123 Å². The third kappa shape index (κ3) is 8.92. The summed E-state index contributed by atoms with van der Waals surface area (Å²) in [6.07, 6.45) is 4.35. The largest absolute Gasteiger partial charge is 0.490 e. The number of carbonyl (C=O) groups is 2. The highest BCUT2D eigenvalue weighted by Gasteiger charge is 2.23. The molecule has 0 bridgehead atoms. The van der Waals surface area contributed by atoms with Crippen molar-refractivity contribution in [1.29, 1.82) is 0 Å². The van der Waals surface area contributed by atoms with E-state index in [2.05, 4.69) is 42.1 Å². The number of carboxylic acid groups (broad SMARTS) is 1. The maximum atomic E-state index is 12.6. The highest BCUT2D eigenvalue weighted by molar-refractivity contribution is 7.97. The lowest BCUT2D eigenvalue weighted by Gasteiger charge is -2.29. The zero-order chi connectivity index (χ0) is 31.5.